The number of benzene rings is 1. The van der Waals surface area contributed by atoms with Gasteiger partial charge in [0.1, 0.15) is 9.84 Å². The second-order valence-corrected chi connectivity index (χ2v) is 7.61. The Kier molecular flexibility index (Phi) is 8.39. The van der Waals surface area contributed by atoms with Gasteiger partial charge in [-0.05, 0) is 30.5 Å². The number of guanidine groups is 1. The number of methoxy groups -OCH3 is 2. The van der Waals surface area contributed by atoms with Gasteiger partial charge in [0, 0.05) is 26.4 Å². The van der Waals surface area contributed by atoms with E-state index in [2.05, 4.69) is 15.6 Å². The van der Waals surface area contributed by atoms with E-state index in [1.165, 1.54) is 6.26 Å². The van der Waals surface area contributed by atoms with Crippen molar-refractivity contribution in [1.82, 2.24) is 10.6 Å². The molecule has 0 amide bonds. The van der Waals surface area contributed by atoms with E-state index in [1.54, 1.807) is 21.3 Å². The zero-order valence-electron chi connectivity index (χ0n) is 14.8. The van der Waals surface area contributed by atoms with Gasteiger partial charge in [0.25, 0.3) is 0 Å². The third kappa shape index (κ3) is 7.54. The van der Waals surface area contributed by atoms with Crippen LogP contribution in [0, 0.1) is 0 Å². The summed E-state index contributed by atoms with van der Waals surface area (Å²) in [5.41, 5.74) is 1.12. The molecule has 8 heteroatoms. The molecule has 24 heavy (non-hydrogen) atoms. The average Bonchev–Trinajstić information content (AvgIpc) is 2.55. The monoisotopic (exact) mass is 357 g/mol. The Bertz CT molecular complexity index is 645. The highest BCUT2D eigenvalue weighted by molar-refractivity contribution is 7.90. The van der Waals surface area contributed by atoms with Crippen LogP contribution in [0.1, 0.15) is 12.0 Å². The summed E-state index contributed by atoms with van der Waals surface area (Å²) in [6.45, 7) is 1.25. The molecule has 136 valence electrons. The molecule has 0 aliphatic rings. The number of nitrogens with zero attached hydrogens (tertiary/aromatic N) is 1. The van der Waals surface area contributed by atoms with Crippen LogP contribution in [0.25, 0.3) is 0 Å². The minimum atomic E-state index is -2.92. The first-order valence-electron chi connectivity index (χ1n) is 7.72. The van der Waals surface area contributed by atoms with Crippen LogP contribution < -0.4 is 20.1 Å². The molecule has 1 aromatic rings. The zero-order chi connectivity index (χ0) is 18.0. The molecule has 0 heterocycles. The molecule has 0 saturated heterocycles. The lowest BCUT2D eigenvalue weighted by Crippen LogP contribution is -2.39. The van der Waals surface area contributed by atoms with Crippen LogP contribution >= 0.6 is 0 Å². The molecule has 0 bridgehead atoms. The summed E-state index contributed by atoms with van der Waals surface area (Å²) in [6, 6.07) is 5.82. The first kappa shape index (κ1) is 20.1. The maximum atomic E-state index is 11.1. The van der Waals surface area contributed by atoms with Crippen molar-refractivity contribution in [2.75, 3.05) is 46.4 Å². The predicted molar refractivity (Wildman–Crippen MR) is 96.9 cm³/mol. The summed E-state index contributed by atoms with van der Waals surface area (Å²) in [5.74, 6) is 2.24. The molecule has 0 radical (unpaired) electrons. The first-order chi connectivity index (χ1) is 11.4. The van der Waals surface area contributed by atoms with E-state index >= 15 is 0 Å². The fourth-order valence-electron chi connectivity index (χ4n) is 2.12. The second-order valence-electron chi connectivity index (χ2n) is 5.35. The van der Waals surface area contributed by atoms with Crippen LogP contribution in [-0.2, 0) is 16.3 Å². The van der Waals surface area contributed by atoms with Crippen molar-refractivity contribution in [3.05, 3.63) is 23.8 Å². The van der Waals surface area contributed by atoms with Gasteiger partial charge >= 0.3 is 0 Å². The highest BCUT2D eigenvalue weighted by atomic mass is 32.2. The fourth-order valence-corrected chi connectivity index (χ4v) is 2.79. The molecule has 0 atom stereocenters. The van der Waals surface area contributed by atoms with Crippen molar-refractivity contribution in [1.29, 1.82) is 0 Å². The molecule has 0 aromatic heterocycles. The van der Waals surface area contributed by atoms with Gasteiger partial charge in [0.2, 0.25) is 0 Å². The SMILES string of the molecule is CN=C(NCCCS(C)(=O)=O)NCCc1ccc(OC)c(OC)c1. The quantitative estimate of drug-likeness (QED) is 0.387. The third-order valence-corrected chi connectivity index (χ3v) is 4.39. The van der Waals surface area contributed by atoms with Crippen LogP contribution in [-0.4, -0.2) is 60.7 Å². The lowest BCUT2D eigenvalue weighted by Gasteiger charge is -2.13. The molecule has 7 nitrogen and oxygen atoms in total. The Balaban J connectivity index is 2.39. The summed E-state index contributed by atoms with van der Waals surface area (Å²) in [4.78, 5) is 4.11. The van der Waals surface area contributed by atoms with Gasteiger partial charge in [-0.2, -0.15) is 0 Å². The van der Waals surface area contributed by atoms with Gasteiger partial charge in [-0.15, -0.1) is 0 Å². The summed E-state index contributed by atoms with van der Waals surface area (Å²) in [5, 5.41) is 6.30. The summed E-state index contributed by atoms with van der Waals surface area (Å²) in [6.07, 6.45) is 2.59. The Morgan fingerprint density at radius 2 is 1.79 bits per heavy atom. The predicted octanol–water partition coefficient (Wildman–Crippen LogP) is 0.846. The largest absolute Gasteiger partial charge is 0.493 e. The minimum Gasteiger partial charge on any atom is -0.493 e. The van der Waals surface area contributed by atoms with Gasteiger partial charge in [-0.25, -0.2) is 8.42 Å². The Hall–Kier alpha value is -1.96. The molecule has 1 aromatic carbocycles. The Morgan fingerprint density at radius 3 is 2.38 bits per heavy atom. The second kappa shape index (κ2) is 10.0. The molecule has 0 aliphatic heterocycles. The summed E-state index contributed by atoms with van der Waals surface area (Å²) >= 11 is 0. The highest BCUT2D eigenvalue weighted by Gasteiger charge is 2.05. The van der Waals surface area contributed by atoms with Crippen molar-refractivity contribution >= 4 is 15.8 Å². The highest BCUT2D eigenvalue weighted by Crippen LogP contribution is 2.27. The van der Waals surface area contributed by atoms with E-state index in [1.807, 2.05) is 18.2 Å². The number of rotatable bonds is 9. The van der Waals surface area contributed by atoms with Crippen LogP contribution in [0.15, 0.2) is 23.2 Å². The van der Waals surface area contributed by atoms with Crippen molar-refractivity contribution in [2.45, 2.75) is 12.8 Å². The van der Waals surface area contributed by atoms with Crippen LogP contribution in [0.2, 0.25) is 0 Å². The molecule has 0 unspecified atom stereocenters. The summed E-state index contributed by atoms with van der Waals surface area (Å²) in [7, 11) is 1.99. The minimum absolute atomic E-state index is 0.169. The molecule has 0 saturated carbocycles. The van der Waals surface area contributed by atoms with Crippen molar-refractivity contribution in [3.8, 4) is 11.5 Å². The Morgan fingerprint density at radius 1 is 1.12 bits per heavy atom. The van der Waals surface area contributed by atoms with Crippen molar-refractivity contribution in [3.63, 3.8) is 0 Å². The van der Waals surface area contributed by atoms with Crippen molar-refractivity contribution < 1.29 is 17.9 Å². The lowest BCUT2D eigenvalue weighted by atomic mass is 10.1. The van der Waals surface area contributed by atoms with Crippen LogP contribution in [0.4, 0.5) is 0 Å². The van der Waals surface area contributed by atoms with E-state index in [4.69, 9.17) is 9.47 Å². The maximum absolute atomic E-state index is 11.1. The molecule has 0 spiro atoms. The first-order valence-corrected chi connectivity index (χ1v) is 9.79. The van der Waals surface area contributed by atoms with E-state index in [0.717, 1.165) is 12.0 Å². The normalized spacial score (nSPS) is 11.9. The molecular weight excluding hydrogens is 330 g/mol. The molecular formula is C16H27N3O4S. The molecule has 0 fully saturated rings. The fraction of sp³-hybridized carbons (Fsp3) is 0.562. The number of hydrogen-bond acceptors (Lipinski definition) is 5. The van der Waals surface area contributed by atoms with Gasteiger partial charge in [-0.3, -0.25) is 4.99 Å². The van der Waals surface area contributed by atoms with Crippen LogP contribution in [0.3, 0.4) is 0 Å². The van der Waals surface area contributed by atoms with Gasteiger partial charge in [0.15, 0.2) is 17.5 Å². The zero-order valence-corrected chi connectivity index (χ0v) is 15.6. The number of ether oxygens (including phenoxy) is 2. The number of hydrogen-bond donors (Lipinski definition) is 2. The smallest absolute Gasteiger partial charge is 0.190 e. The number of sulfone groups is 1. The van der Waals surface area contributed by atoms with Crippen LogP contribution in [0.5, 0.6) is 11.5 Å². The maximum Gasteiger partial charge on any atom is 0.190 e. The van der Waals surface area contributed by atoms with Gasteiger partial charge in [-0.1, -0.05) is 6.07 Å². The Labute approximate surface area is 144 Å². The number of nitrogens with one attached hydrogen (secondary N) is 2. The molecule has 0 aliphatic carbocycles. The van der Waals surface area contributed by atoms with E-state index in [0.29, 0.717) is 37.0 Å². The van der Waals surface area contributed by atoms with Gasteiger partial charge < -0.3 is 20.1 Å². The topological polar surface area (TPSA) is 89.0 Å². The summed E-state index contributed by atoms with van der Waals surface area (Å²) < 4.78 is 32.7. The molecule has 2 N–H and O–H groups in total. The van der Waals surface area contributed by atoms with E-state index in [9.17, 15) is 8.42 Å². The standard InChI is InChI=1S/C16H27N3O4S/c1-17-16(18-9-5-11-24(4,20)21)19-10-8-13-6-7-14(22-2)15(12-13)23-3/h6-7,12H,5,8-11H2,1-4H3,(H2,17,18,19). The average molecular weight is 357 g/mol. The van der Waals surface area contributed by atoms with Gasteiger partial charge in [0.05, 0.1) is 20.0 Å². The number of aliphatic imine (C=N–C) groups is 1. The van der Waals surface area contributed by atoms with Crippen molar-refractivity contribution in [2.24, 2.45) is 4.99 Å². The van der Waals surface area contributed by atoms with E-state index in [-0.39, 0.29) is 5.75 Å². The van der Waals surface area contributed by atoms with E-state index < -0.39 is 9.84 Å². The third-order valence-electron chi connectivity index (χ3n) is 3.36. The lowest BCUT2D eigenvalue weighted by molar-refractivity contribution is 0.354. The molecule has 1 rings (SSSR count).